The molecule has 158 valence electrons. The van der Waals surface area contributed by atoms with Crippen molar-refractivity contribution in [1.29, 1.82) is 0 Å². The molecule has 0 bridgehead atoms. The summed E-state index contributed by atoms with van der Waals surface area (Å²) >= 11 is 0. The summed E-state index contributed by atoms with van der Waals surface area (Å²) in [6.45, 7) is 9.03. The van der Waals surface area contributed by atoms with Crippen LogP contribution < -0.4 is 21.3 Å². The highest BCUT2D eigenvalue weighted by Crippen LogP contribution is 2.10. The second-order valence-electron chi connectivity index (χ2n) is 6.01. The van der Waals surface area contributed by atoms with Crippen LogP contribution in [0.4, 0.5) is 11.6 Å². The minimum Gasteiger partial charge on any atom is -0.387 e. The number of amides is 1. The molecule has 0 aliphatic rings. The second-order valence-corrected chi connectivity index (χ2v) is 6.01. The first-order valence-electron chi connectivity index (χ1n) is 9.62. The normalized spacial score (nSPS) is 12.0. The summed E-state index contributed by atoms with van der Waals surface area (Å²) in [6.07, 6.45) is 6.68. The molecule has 1 heterocycles. The van der Waals surface area contributed by atoms with E-state index in [-0.39, 0.29) is 5.91 Å². The third kappa shape index (κ3) is 9.00. The largest absolute Gasteiger partial charge is 0.387 e. The number of nitrogens with one attached hydrogen (secondary N) is 4. The number of aliphatic imine (C=N–C) groups is 2. The Morgan fingerprint density at radius 3 is 2.66 bits per heavy atom. The Labute approximate surface area is 172 Å². The highest BCUT2D eigenvalue weighted by Gasteiger charge is 2.10. The number of aryl methyl sites for hydroxylation is 1. The van der Waals surface area contributed by atoms with E-state index in [9.17, 15) is 4.79 Å². The molecule has 0 spiro atoms. The first-order chi connectivity index (χ1) is 14.0. The summed E-state index contributed by atoms with van der Waals surface area (Å²) in [6, 6.07) is 1.84. The van der Waals surface area contributed by atoms with Crippen molar-refractivity contribution in [2.45, 2.75) is 26.7 Å². The number of hydrogen-bond acceptors (Lipinski definition) is 8. The Hall–Kier alpha value is -3.23. The van der Waals surface area contributed by atoms with Crippen molar-refractivity contribution in [3.63, 3.8) is 0 Å². The summed E-state index contributed by atoms with van der Waals surface area (Å²) in [7, 11) is 3.43. The van der Waals surface area contributed by atoms with Gasteiger partial charge in [0.1, 0.15) is 17.5 Å². The maximum Gasteiger partial charge on any atom is 0.254 e. The molecule has 1 amide bonds. The van der Waals surface area contributed by atoms with Crippen LogP contribution in [0.5, 0.6) is 0 Å². The molecule has 0 unspecified atom stereocenters. The summed E-state index contributed by atoms with van der Waals surface area (Å²) < 4.78 is 0. The van der Waals surface area contributed by atoms with Crippen molar-refractivity contribution in [3.05, 3.63) is 35.4 Å². The van der Waals surface area contributed by atoms with Crippen molar-refractivity contribution in [1.82, 2.24) is 20.6 Å². The van der Waals surface area contributed by atoms with Gasteiger partial charge in [0.2, 0.25) is 0 Å². The average Bonchev–Trinajstić information content (AvgIpc) is 2.73. The van der Waals surface area contributed by atoms with Gasteiger partial charge in [-0.25, -0.2) is 9.97 Å². The number of allylic oxidation sites excluding steroid dienone is 1. The topological polar surface area (TPSA) is 116 Å². The van der Waals surface area contributed by atoms with Crippen LogP contribution >= 0.6 is 0 Å². The van der Waals surface area contributed by atoms with E-state index in [1.165, 1.54) is 0 Å². The SMILES string of the molecule is C=N/C=C\CCN/C(CC)=C(/C=N\CCNc1cc(NC)nc(C)n1)C(=O)NC. The predicted octanol–water partition coefficient (Wildman–Crippen LogP) is 1.91. The van der Waals surface area contributed by atoms with Crippen LogP contribution in [0.1, 0.15) is 25.6 Å². The summed E-state index contributed by atoms with van der Waals surface area (Å²) in [5.74, 6) is 2.01. The lowest BCUT2D eigenvalue weighted by Crippen LogP contribution is -2.27. The zero-order valence-electron chi connectivity index (χ0n) is 17.7. The molecule has 0 saturated carbocycles. The third-order valence-corrected chi connectivity index (χ3v) is 3.87. The molecule has 9 nitrogen and oxygen atoms in total. The molecule has 0 radical (unpaired) electrons. The van der Waals surface area contributed by atoms with Gasteiger partial charge in [0.25, 0.3) is 5.91 Å². The van der Waals surface area contributed by atoms with Crippen LogP contribution in [-0.4, -0.2) is 62.5 Å². The monoisotopic (exact) mass is 400 g/mol. The van der Waals surface area contributed by atoms with Crippen molar-refractivity contribution in [3.8, 4) is 0 Å². The number of carbonyl (C=O) groups excluding carboxylic acids is 1. The molecular formula is C20H32N8O. The molecule has 29 heavy (non-hydrogen) atoms. The van der Waals surface area contributed by atoms with Gasteiger partial charge >= 0.3 is 0 Å². The minimum absolute atomic E-state index is 0.167. The molecule has 1 aromatic heterocycles. The number of hydrogen-bond donors (Lipinski definition) is 4. The van der Waals surface area contributed by atoms with E-state index in [0.29, 0.717) is 37.5 Å². The molecule has 1 aromatic rings. The van der Waals surface area contributed by atoms with Gasteiger partial charge in [-0.2, -0.15) is 0 Å². The zero-order valence-corrected chi connectivity index (χ0v) is 17.7. The molecule has 0 saturated heterocycles. The lowest BCUT2D eigenvalue weighted by molar-refractivity contribution is -0.116. The van der Waals surface area contributed by atoms with Gasteiger partial charge < -0.3 is 21.3 Å². The molecule has 0 atom stereocenters. The third-order valence-electron chi connectivity index (χ3n) is 3.87. The van der Waals surface area contributed by atoms with E-state index in [1.807, 2.05) is 33.0 Å². The van der Waals surface area contributed by atoms with Crippen LogP contribution in [-0.2, 0) is 4.79 Å². The fraction of sp³-hybridized carbons (Fsp3) is 0.450. The van der Waals surface area contributed by atoms with E-state index in [0.717, 1.165) is 23.8 Å². The van der Waals surface area contributed by atoms with Gasteiger partial charge in [-0.1, -0.05) is 13.0 Å². The molecule has 0 aliphatic carbocycles. The van der Waals surface area contributed by atoms with E-state index < -0.39 is 0 Å². The van der Waals surface area contributed by atoms with E-state index in [2.05, 4.69) is 47.9 Å². The quantitative estimate of drug-likeness (QED) is 0.228. The summed E-state index contributed by atoms with van der Waals surface area (Å²) in [4.78, 5) is 28.9. The second kappa shape index (κ2) is 13.9. The molecular weight excluding hydrogens is 368 g/mol. The minimum atomic E-state index is -0.167. The van der Waals surface area contributed by atoms with Crippen molar-refractivity contribution >= 4 is 30.5 Å². The summed E-state index contributed by atoms with van der Waals surface area (Å²) in [5.41, 5.74) is 1.39. The van der Waals surface area contributed by atoms with Gasteiger partial charge in [-0.05, 0) is 26.5 Å². The van der Waals surface area contributed by atoms with E-state index >= 15 is 0 Å². The van der Waals surface area contributed by atoms with Crippen molar-refractivity contribution in [2.24, 2.45) is 9.98 Å². The predicted molar refractivity (Wildman–Crippen MR) is 121 cm³/mol. The van der Waals surface area contributed by atoms with Crippen LogP contribution in [0.25, 0.3) is 0 Å². The van der Waals surface area contributed by atoms with Gasteiger partial charge in [0.05, 0.1) is 12.1 Å². The van der Waals surface area contributed by atoms with Crippen LogP contribution in [0, 0.1) is 6.92 Å². The van der Waals surface area contributed by atoms with Crippen molar-refractivity contribution < 1.29 is 4.79 Å². The molecule has 1 rings (SSSR count). The standard InChI is InChI=1S/C20H32N8O/c1-6-17(25-10-8-7-9-21-3)16(20(29)23-5)14-24-11-12-26-19-13-18(22-4)27-15(2)28-19/h7,9,13-14,25H,3,6,8,10-12H2,1-2,4-5H3,(H,23,29)(H2,22,26,27,28)/b9-7-,17-16-,24-14-. The number of aromatic nitrogens is 2. The average molecular weight is 401 g/mol. The number of anilines is 2. The highest BCUT2D eigenvalue weighted by molar-refractivity contribution is 6.12. The number of rotatable bonds is 13. The van der Waals surface area contributed by atoms with Crippen LogP contribution in [0.15, 0.2) is 39.6 Å². The maximum atomic E-state index is 12.3. The Balaban J connectivity index is 2.70. The molecule has 0 aromatic carbocycles. The highest BCUT2D eigenvalue weighted by atomic mass is 16.1. The molecule has 4 N–H and O–H groups in total. The Kier molecular flexibility index (Phi) is 11.4. The lowest BCUT2D eigenvalue weighted by Gasteiger charge is -2.12. The molecule has 9 heteroatoms. The Bertz CT molecular complexity index is 755. The van der Waals surface area contributed by atoms with Crippen LogP contribution in [0.2, 0.25) is 0 Å². The summed E-state index contributed by atoms with van der Waals surface area (Å²) in [5, 5.41) is 12.2. The lowest BCUT2D eigenvalue weighted by atomic mass is 10.1. The Morgan fingerprint density at radius 1 is 1.24 bits per heavy atom. The van der Waals surface area contributed by atoms with Crippen molar-refractivity contribution in [2.75, 3.05) is 44.4 Å². The van der Waals surface area contributed by atoms with Gasteiger partial charge in [0.15, 0.2) is 0 Å². The smallest absolute Gasteiger partial charge is 0.254 e. The number of nitrogens with zero attached hydrogens (tertiary/aromatic N) is 4. The molecule has 0 aliphatic heterocycles. The van der Waals surface area contributed by atoms with E-state index in [4.69, 9.17) is 0 Å². The maximum absolute atomic E-state index is 12.3. The van der Waals surface area contributed by atoms with Gasteiger partial charge in [0, 0.05) is 51.4 Å². The van der Waals surface area contributed by atoms with Crippen LogP contribution in [0.3, 0.4) is 0 Å². The number of carbonyl (C=O) groups is 1. The number of likely N-dealkylation sites (N-methyl/N-ethyl adjacent to an activating group) is 1. The fourth-order valence-electron chi connectivity index (χ4n) is 2.47. The van der Waals surface area contributed by atoms with Gasteiger partial charge in [-0.15, -0.1) is 0 Å². The Morgan fingerprint density at radius 2 is 2.00 bits per heavy atom. The zero-order chi connectivity index (χ0) is 21.5. The molecule has 0 fully saturated rings. The van der Waals surface area contributed by atoms with E-state index in [1.54, 1.807) is 19.5 Å². The first kappa shape index (κ1) is 23.8. The first-order valence-corrected chi connectivity index (χ1v) is 9.62. The fourth-order valence-corrected chi connectivity index (χ4v) is 2.47. The van der Waals surface area contributed by atoms with Gasteiger partial charge in [-0.3, -0.25) is 14.8 Å².